The summed E-state index contributed by atoms with van der Waals surface area (Å²) >= 11 is 0. The Kier molecular flexibility index (Phi) is 5.24. The molecule has 0 unspecified atom stereocenters. The number of aromatic nitrogens is 1. The summed E-state index contributed by atoms with van der Waals surface area (Å²) in [5, 5.41) is 9.95. The van der Waals surface area contributed by atoms with Gasteiger partial charge in [0, 0.05) is 26.8 Å². The Morgan fingerprint density at radius 3 is 3.07 bits per heavy atom. The molecule has 0 bridgehead atoms. The molecule has 0 amide bonds. The van der Waals surface area contributed by atoms with Crippen LogP contribution < -0.4 is 10.6 Å². The van der Waals surface area contributed by atoms with E-state index in [1.54, 1.807) is 20.2 Å². The minimum Gasteiger partial charge on any atom is -0.383 e. The number of ether oxygens (including phenoxy) is 1. The van der Waals surface area contributed by atoms with E-state index in [-0.39, 0.29) is 0 Å². The molecule has 84 valence electrons. The molecule has 6 nitrogen and oxygen atoms in total. The third-order valence-corrected chi connectivity index (χ3v) is 1.75. The molecule has 0 saturated heterocycles. The molecule has 1 aromatic rings. The van der Waals surface area contributed by atoms with Gasteiger partial charge in [-0.05, 0) is 0 Å². The number of hydrogen-bond acceptors (Lipinski definition) is 4. The molecule has 0 atom stereocenters. The molecule has 0 fully saturated rings. The van der Waals surface area contributed by atoms with E-state index in [0.29, 0.717) is 13.2 Å². The fourth-order valence-electron chi connectivity index (χ4n) is 0.995. The molecule has 0 saturated carbocycles. The number of hydrogen-bond donors (Lipinski definition) is 2. The van der Waals surface area contributed by atoms with Gasteiger partial charge in [-0.1, -0.05) is 5.16 Å². The summed E-state index contributed by atoms with van der Waals surface area (Å²) in [7, 11) is 3.37. The largest absolute Gasteiger partial charge is 0.383 e. The summed E-state index contributed by atoms with van der Waals surface area (Å²) in [5.74, 6) is 0.718. The van der Waals surface area contributed by atoms with Crippen molar-refractivity contribution in [1.82, 2.24) is 15.8 Å². The first-order chi connectivity index (χ1) is 7.36. The maximum Gasteiger partial charge on any atom is 0.191 e. The lowest BCUT2D eigenvalue weighted by atomic mass is 10.4. The minimum atomic E-state index is 0.586. The lowest BCUT2D eigenvalue weighted by Gasteiger charge is -2.09. The van der Waals surface area contributed by atoms with E-state index in [9.17, 15) is 0 Å². The molecule has 1 rings (SSSR count). The Labute approximate surface area is 88.7 Å². The highest BCUT2D eigenvalue weighted by Crippen LogP contribution is 1.92. The van der Waals surface area contributed by atoms with Crippen LogP contribution in [0.25, 0.3) is 0 Å². The first kappa shape index (κ1) is 11.5. The zero-order chi connectivity index (χ0) is 10.9. The van der Waals surface area contributed by atoms with Crippen molar-refractivity contribution in [3.05, 3.63) is 18.0 Å². The first-order valence-electron chi connectivity index (χ1n) is 4.69. The second-order valence-electron chi connectivity index (χ2n) is 2.84. The van der Waals surface area contributed by atoms with Crippen LogP contribution in [0.3, 0.4) is 0 Å². The minimum absolute atomic E-state index is 0.586. The van der Waals surface area contributed by atoms with Crippen molar-refractivity contribution in [3.63, 3.8) is 0 Å². The summed E-state index contributed by atoms with van der Waals surface area (Å²) in [6.45, 7) is 1.95. The van der Waals surface area contributed by atoms with Crippen molar-refractivity contribution in [2.45, 2.75) is 6.54 Å². The summed E-state index contributed by atoms with van der Waals surface area (Å²) in [5.41, 5.74) is 0.838. The van der Waals surface area contributed by atoms with Crippen LogP contribution in [0.2, 0.25) is 0 Å². The van der Waals surface area contributed by atoms with Gasteiger partial charge in [0.25, 0.3) is 0 Å². The van der Waals surface area contributed by atoms with Gasteiger partial charge in [0.15, 0.2) is 5.96 Å². The number of nitrogens with one attached hydrogen (secondary N) is 2. The van der Waals surface area contributed by atoms with Crippen LogP contribution in [-0.2, 0) is 11.3 Å². The van der Waals surface area contributed by atoms with Gasteiger partial charge in [-0.15, -0.1) is 0 Å². The lowest BCUT2D eigenvalue weighted by Crippen LogP contribution is -2.38. The quantitative estimate of drug-likeness (QED) is 0.408. The van der Waals surface area contributed by atoms with Crippen molar-refractivity contribution in [2.24, 2.45) is 4.99 Å². The maximum atomic E-state index is 4.91. The number of rotatable bonds is 5. The van der Waals surface area contributed by atoms with E-state index < -0.39 is 0 Å². The Bertz CT molecular complexity index is 284. The highest BCUT2D eigenvalue weighted by molar-refractivity contribution is 5.79. The van der Waals surface area contributed by atoms with Gasteiger partial charge in [-0.2, -0.15) is 0 Å². The van der Waals surface area contributed by atoms with Crippen LogP contribution in [0.5, 0.6) is 0 Å². The highest BCUT2D eigenvalue weighted by Gasteiger charge is 1.99. The molecule has 1 heterocycles. The molecule has 15 heavy (non-hydrogen) atoms. The molecule has 0 aliphatic rings. The molecular formula is C9H16N4O2. The second kappa shape index (κ2) is 6.83. The molecule has 0 aromatic carbocycles. The van der Waals surface area contributed by atoms with Crippen LogP contribution in [0.15, 0.2) is 21.8 Å². The maximum absolute atomic E-state index is 4.91. The summed E-state index contributed by atoms with van der Waals surface area (Å²) in [6, 6.07) is 1.80. The summed E-state index contributed by atoms with van der Waals surface area (Å²) in [6.07, 6.45) is 1.54. The molecule has 2 N–H and O–H groups in total. The molecule has 0 aliphatic heterocycles. The van der Waals surface area contributed by atoms with Gasteiger partial charge in [-0.25, -0.2) is 0 Å². The van der Waals surface area contributed by atoms with Crippen molar-refractivity contribution in [2.75, 3.05) is 27.3 Å². The monoisotopic (exact) mass is 212 g/mol. The Morgan fingerprint density at radius 2 is 2.47 bits per heavy atom. The predicted molar refractivity (Wildman–Crippen MR) is 56.6 cm³/mol. The van der Waals surface area contributed by atoms with E-state index in [1.807, 2.05) is 0 Å². The fraction of sp³-hybridized carbons (Fsp3) is 0.556. The van der Waals surface area contributed by atoms with Crippen molar-refractivity contribution in [3.8, 4) is 0 Å². The summed E-state index contributed by atoms with van der Waals surface area (Å²) < 4.78 is 9.62. The fourth-order valence-corrected chi connectivity index (χ4v) is 0.995. The average molecular weight is 212 g/mol. The third-order valence-electron chi connectivity index (χ3n) is 1.75. The van der Waals surface area contributed by atoms with E-state index >= 15 is 0 Å². The normalized spacial score (nSPS) is 11.5. The van der Waals surface area contributed by atoms with Gasteiger partial charge in [-0.3, -0.25) is 4.99 Å². The Balaban J connectivity index is 2.23. The zero-order valence-electron chi connectivity index (χ0n) is 8.99. The van der Waals surface area contributed by atoms with Gasteiger partial charge >= 0.3 is 0 Å². The molecule has 0 spiro atoms. The van der Waals surface area contributed by atoms with Gasteiger partial charge < -0.3 is 19.9 Å². The van der Waals surface area contributed by atoms with E-state index in [1.165, 1.54) is 6.26 Å². The van der Waals surface area contributed by atoms with Gasteiger partial charge in [0.05, 0.1) is 13.2 Å². The Hall–Kier alpha value is -1.56. The molecule has 0 radical (unpaired) electrons. The molecule has 6 heteroatoms. The van der Waals surface area contributed by atoms with Crippen LogP contribution in [0, 0.1) is 0 Å². The molecule has 1 aromatic heterocycles. The standard InChI is InChI=1S/C9H16N4O2/c1-10-9(11-4-6-14-2)12-7-8-3-5-15-13-8/h3,5H,4,6-7H2,1-2H3,(H2,10,11,12). The van der Waals surface area contributed by atoms with E-state index in [4.69, 9.17) is 9.26 Å². The van der Waals surface area contributed by atoms with Crippen LogP contribution in [0.4, 0.5) is 0 Å². The number of nitrogens with zero attached hydrogens (tertiary/aromatic N) is 2. The summed E-state index contributed by atoms with van der Waals surface area (Å²) in [4.78, 5) is 4.04. The predicted octanol–water partition coefficient (Wildman–Crippen LogP) is -0.0140. The molecular weight excluding hydrogens is 196 g/mol. The SMILES string of the molecule is CN=C(NCCOC)NCc1ccon1. The number of aliphatic imine (C=N–C) groups is 1. The first-order valence-corrected chi connectivity index (χ1v) is 4.69. The smallest absolute Gasteiger partial charge is 0.191 e. The zero-order valence-corrected chi connectivity index (χ0v) is 8.99. The van der Waals surface area contributed by atoms with Gasteiger partial charge in [0.1, 0.15) is 12.0 Å². The third kappa shape index (κ3) is 4.46. The van der Waals surface area contributed by atoms with Crippen molar-refractivity contribution >= 4 is 5.96 Å². The van der Waals surface area contributed by atoms with Crippen molar-refractivity contribution in [1.29, 1.82) is 0 Å². The second-order valence-corrected chi connectivity index (χ2v) is 2.84. The number of methoxy groups -OCH3 is 1. The van der Waals surface area contributed by atoms with Crippen LogP contribution in [0.1, 0.15) is 5.69 Å². The van der Waals surface area contributed by atoms with E-state index in [2.05, 4.69) is 20.8 Å². The highest BCUT2D eigenvalue weighted by atomic mass is 16.5. The van der Waals surface area contributed by atoms with E-state index in [0.717, 1.165) is 18.2 Å². The average Bonchev–Trinajstić information content (AvgIpc) is 2.76. The van der Waals surface area contributed by atoms with Crippen molar-refractivity contribution < 1.29 is 9.26 Å². The molecule has 0 aliphatic carbocycles. The van der Waals surface area contributed by atoms with Gasteiger partial charge in [0.2, 0.25) is 0 Å². The number of guanidine groups is 1. The van der Waals surface area contributed by atoms with Crippen LogP contribution >= 0.6 is 0 Å². The Morgan fingerprint density at radius 1 is 1.60 bits per heavy atom. The van der Waals surface area contributed by atoms with Crippen LogP contribution in [-0.4, -0.2) is 38.4 Å². The topological polar surface area (TPSA) is 71.7 Å². The lowest BCUT2D eigenvalue weighted by molar-refractivity contribution is 0.203.